The molecule has 2 aromatic carbocycles. The molecule has 0 atom stereocenters. The molecule has 0 saturated heterocycles. The number of sulfone groups is 2. The second-order valence-electron chi connectivity index (χ2n) is 4.99. The molecular formula is C16H18O6S2. The van der Waals surface area contributed by atoms with Crippen LogP contribution in [0.4, 0.5) is 0 Å². The fourth-order valence-corrected chi connectivity index (χ4v) is 5.35. The van der Waals surface area contributed by atoms with E-state index < -0.39 is 31.2 Å². The van der Waals surface area contributed by atoms with Gasteiger partial charge in [-0.15, -0.1) is 0 Å². The highest BCUT2D eigenvalue weighted by molar-refractivity contribution is 7.95. The first-order valence-electron chi connectivity index (χ1n) is 7.02. The highest BCUT2D eigenvalue weighted by Gasteiger charge is 2.21. The molecule has 0 saturated carbocycles. The maximum absolute atomic E-state index is 12.3. The predicted molar refractivity (Wildman–Crippen MR) is 90.1 cm³/mol. The number of hydrogen-bond donors (Lipinski definition) is 0. The number of hydrogen-bond acceptors (Lipinski definition) is 6. The average molecular weight is 370 g/mol. The van der Waals surface area contributed by atoms with E-state index in [1.165, 1.54) is 62.8 Å². The van der Waals surface area contributed by atoms with Crippen molar-refractivity contribution in [3.05, 3.63) is 48.5 Å². The van der Waals surface area contributed by atoms with Crippen LogP contribution in [-0.2, 0) is 19.7 Å². The van der Waals surface area contributed by atoms with Gasteiger partial charge in [0, 0.05) is 0 Å². The summed E-state index contributed by atoms with van der Waals surface area (Å²) in [4.78, 5) is 0.126. The molecule has 0 radical (unpaired) electrons. The number of methoxy groups -OCH3 is 2. The first-order valence-corrected chi connectivity index (χ1v) is 10.3. The molecule has 0 amide bonds. The van der Waals surface area contributed by atoms with Crippen LogP contribution in [0, 0.1) is 0 Å². The fraction of sp³-hybridized carbons (Fsp3) is 0.250. The fourth-order valence-electron chi connectivity index (χ4n) is 2.02. The quantitative estimate of drug-likeness (QED) is 0.740. The molecule has 130 valence electrons. The largest absolute Gasteiger partial charge is 0.497 e. The maximum atomic E-state index is 12.3. The summed E-state index contributed by atoms with van der Waals surface area (Å²) in [6.07, 6.45) is 0. The van der Waals surface area contributed by atoms with Gasteiger partial charge in [0.05, 0.1) is 35.5 Å². The Kier molecular flexibility index (Phi) is 5.51. The predicted octanol–water partition coefficient (Wildman–Crippen LogP) is 1.95. The summed E-state index contributed by atoms with van der Waals surface area (Å²) in [7, 11) is -4.44. The number of rotatable bonds is 7. The van der Waals surface area contributed by atoms with Crippen molar-refractivity contribution in [3.8, 4) is 11.5 Å². The van der Waals surface area contributed by atoms with E-state index in [2.05, 4.69) is 0 Å². The Labute approximate surface area is 141 Å². The van der Waals surface area contributed by atoms with Crippen molar-refractivity contribution in [2.45, 2.75) is 9.79 Å². The topological polar surface area (TPSA) is 86.7 Å². The molecule has 0 unspecified atom stereocenters. The van der Waals surface area contributed by atoms with Crippen molar-refractivity contribution >= 4 is 19.7 Å². The van der Waals surface area contributed by atoms with Crippen molar-refractivity contribution in [2.24, 2.45) is 0 Å². The SMILES string of the molecule is COc1ccc(S(=O)(=O)CCS(=O)(=O)c2ccc(OC)cc2)cc1. The Bertz CT molecular complexity index is 805. The van der Waals surface area contributed by atoms with Crippen molar-refractivity contribution in [1.29, 1.82) is 0 Å². The van der Waals surface area contributed by atoms with Crippen LogP contribution < -0.4 is 9.47 Å². The second kappa shape index (κ2) is 7.23. The second-order valence-corrected chi connectivity index (χ2v) is 9.21. The van der Waals surface area contributed by atoms with Gasteiger partial charge in [0.1, 0.15) is 11.5 Å². The molecule has 0 aliphatic rings. The van der Waals surface area contributed by atoms with Gasteiger partial charge < -0.3 is 9.47 Å². The Balaban J connectivity index is 2.14. The zero-order chi connectivity index (χ0) is 17.8. The van der Waals surface area contributed by atoms with Crippen LogP contribution >= 0.6 is 0 Å². The third kappa shape index (κ3) is 4.27. The number of ether oxygens (including phenoxy) is 2. The van der Waals surface area contributed by atoms with Gasteiger partial charge in [-0.3, -0.25) is 0 Å². The molecule has 0 aliphatic carbocycles. The molecule has 0 fully saturated rings. The molecule has 0 heterocycles. The highest BCUT2D eigenvalue weighted by Crippen LogP contribution is 2.20. The summed E-state index contributed by atoms with van der Waals surface area (Å²) in [5.74, 6) is 0.0705. The molecule has 6 nitrogen and oxygen atoms in total. The smallest absolute Gasteiger partial charge is 0.179 e. The average Bonchev–Trinajstić information content (AvgIpc) is 2.60. The van der Waals surface area contributed by atoms with Crippen LogP contribution in [0.1, 0.15) is 0 Å². The summed E-state index contributed by atoms with van der Waals surface area (Å²) < 4.78 is 59.1. The molecule has 0 bridgehead atoms. The lowest BCUT2D eigenvalue weighted by molar-refractivity contribution is 0.414. The van der Waals surface area contributed by atoms with Crippen LogP contribution in [0.2, 0.25) is 0 Å². The Morgan fingerprint density at radius 2 is 0.917 bits per heavy atom. The summed E-state index contributed by atoms with van der Waals surface area (Å²) in [5, 5.41) is 0. The number of benzene rings is 2. The molecule has 2 aromatic rings. The van der Waals surface area contributed by atoms with E-state index in [1.54, 1.807) is 0 Å². The van der Waals surface area contributed by atoms with Gasteiger partial charge in [0.25, 0.3) is 0 Å². The third-order valence-electron chi connectivity index (χ3n) is 3.46. The molecule has 0 spiro atoms. The molecule has 0 N–H and O–H groups in total. The minimum atomic E-state index is -3.70. The first kappa shape index (κ1) is 18.3. The molecular weight excluding hydrogens is 352 g/mol. The molecule has 24 heavy (non-hydrogen) atoms. The van der Waals surface area contributed by atoms with E-state index in [9.17, 15) is 16.8 Å². The van der Waals surface area contributed by atoms with Gasteiger partial charge in [0.2, 0.25) is 0 Å². The van der Waals surface area contributed by atoms with Crippen molar-refractivity contribution < 1.29 is 26.3 Å². The summed E-state index contributed by atoms with van der Waals surface area (Å²) in [5.41, 5.74) is 0. The normalized spacial score (nSPS) is 11.9. The van der Waals surface area contributed by atoms with Crippen LogP contribution in [0.3, 0.4) is 0 Å². The van der Waals surface area contributed by atoms with Gasteiger partial charge in [-0.1, -0.05) is 0 Å². The van der Waals surface area contributed by atoms with Gasteiger partial charge in [-0.25, -0.2) is 16.8 Å². The van der Waals surface area contributed by atoms with Crippen LogP contribution in [0.25, 0.3) is 0 Å². The first-order chi connectivity index (χ1) is 11.3. The van der Waals surface area contributed by atoms with E-state index >= 15 is 0 Å². The standard InChI is InChI=1S/C16H18O6S2/c1-21-13-3-7-15(8-4-13)23(17,18)11-12-24(19,20)16-9-5-14(22-2)6-10-16/h3-10H,11-12H2,1-2H3. The summed E-state index contributed by atoms with van der Waals surface area (Å²) in [6.45, 7) is 0. The maximum Gasteiger partial charge on any atom is 0.179 e. The highest BCUT2D eigenvalue weighted by atomic mass is 32.2. The van der Waals surface area contributed by atoms with E-state index in [0.717, 1.165) is 0 Å². The van der Waals surface area contributed by atoms with E-state index in [-0.39, 0.29) is 9.79 Å². The minimum absolute atomic E-state index is 0.0632. The lowest BCUT2D eigenvalue weighted by Gasteiger charge is -2.08. The van der Waals surface area contributed by atoms with Crippen LogP contribution in [0.5, 0.6) is 11.5 Å². The van der Waals surface area contributed by atoms with Gasteiger partial charge >= 0.3 is 0 Å². The van der Waals surface area contributed by atoms with Crippen molar-refractivity contribution in [3.63, 3.8) is 0 Å². The van der Waals surface area contributed by atoms with E-state index in [1.807, 2.05) is 0 Å². The Morgan fingerprint density at radius 3 is 1.17 bits per heavy atom. The van der Waals surface area contributed by atoms with Gasteiger partial charge in [-0.2, -0.15) is 0 Å². The summed E-state index contributed by atoms with van der Waals surface area (Å²) in [6, 6.07) is 11.7. The van der Waals surface area contributed by atoms with Crippen LogP contribution in [0.15, 0.2) is 58.3 Å². The zero-order valence-electron chi connectivity index (χ0n) is 13.3. The lowest BCUT2D eigenvalue weighted by atomic mass is 10.3. The lowest BCUT2D eigenvalue weighted by Crippen LogP contribution is -2.17. The van der Waals surface area contributed by atoms with Crippen molar-refractivity contribution in [2.75, 3.05) is 25.7 Å². The Hall–Kier alpha value is -2.06. The minimum Gasteiger partial charge on any atom is -0.497 e. The zero-order valence-corrected chi connectivity index (χ0v) is 14.9. The molecule has 0 aliphatic heterocycles. The van der Waals surface area contributed by atoms with Gasteiger partial charge in [0.15, 0.2) is 19.7 Å². The third-order valence-corrected chi connectivity index (χ3v) is 7.18. The van der Waals surface area contributed by atoms with Crippen molar-refractivity contribution in [1.82, 2.24) is 0 Å². The monoisotopic (exact) mass is 370 g/mol. The van der Waals surface area contributed by atoms with Crippen LogP contribution in [-0.4, -0.2) is 42.6 Å². The molecule has 2 rings (SSSR count). The van der Waals surface area contributed by atoms with Gasteiger partial charge in [-0.05, 0) is 48.5 Å². The summed E-state index contributed by atoms with van der Waals surface area (Å²) >= 11 is 0. The molecule has 8 heteroatoms. The molecule has 0 aromatic heterocycles. The van der Waals surface area contributed by atoms with E-state index in [4.69, 9.17) is 9.47 Å². The van der Waals surface area contributed by atoms with E-state index in [0.29, 0.717) is 11.5 Å². The Morgan fingerprint density at radius 1 is 0.625 bits per heavy atom.